The zero-order valence-corrected chi connectivity index (χ0v) is 22.2. The molecule has 1 aromatic rings. The molecule has 2 N–H and O–H groups in total. The Kier molecular flexibility index (Phi) is 11.3. The highest BCUT2D eigenvalue weighted by Gasteiger charge is 2.37. The van der Waals surface area contributed by atoms with Crippen LogP contribution in [0.15, 0.2) is 30.9 Å². The number of hydrogen-bond donors (Lipinski definition) is 2. The van der Waals surface area contributed by atoms with Crippen molar-refractivity contribution in [1.29, 1.82) is 0 Å². The summed E-state index contributed by atoms with van der Waals surface area (Å²) in [6.07, 6.45) is 2.71. The van der Waals surface area contributed by atoms with E-state index in [1.807, 2.05) is 45.9 Å². The van der Waals surface area contributed by atoms with Gasteiger partial charge in [-0.2, -0.15) is 0 Å². The minimum Gasteiger partial charge on any atom is -0.444 e. The molecule has 0 heterocycles. The van der Waals surface area contributed by atoms with Crippen molar-refractivity contribution in [2.24, 2.45) is 5.92 Å². The predicted octanol–water partition coefficient (Wildman–Crippen LogP) is 4.82. The average molecular weight is 474 g/mol. The van der Waals surface area contributed by atoms with E-state index in [-0.39, 0.29) is 24.3 Å². The monoisotopic (exact) mass is 473 g/mol. The number of nitrogens with one attached hydrogen (secondary N) is 2. The van der Waals surface area contributed by atoms with E-state index >= 15 is 0 Å². The zero-order chi connectivity index (χ0) is 26.1. The molecule has 0 radical (unpaired) electrons. The number of benzene rings is 1. The van der Waals surface area contributed by atoms with Crippen LogP contribution in [0.2, 0.25) is 0 Å². The van der Waals surface area contributed by atoms with E-state index in [0.29, 0.717) is 6.54 Å². The van der Waals surface area contributed by atoms with Gasteiger partial charge in [-0.25, -0.2) is 4.79 Å². The Morgan fingerprint density at radius 1 is 1.18 bits per heavy atom. The summed E-state index contributed by atoms with van der Waals surface area (Å²) in [6, 6.07) is 4.10. The largest absolute Gasteiger partial charge is 0.444 e. The van der Waals surface area contributed by atoms with Crippen LogP contribution in [0, 0.1) is 19.8 Å². The number of carbonyl (C=O) groups excluding carboxylic acids is 3. The van der Waals surface area contributed by atoms with E-state index in [4.69, 9.17) is 4.74 Å². The van der Waals surface area contributed by atoms with Gasteiger partial charge in [0.25, 0.3) is 0 Å². The highest BCUT2D eigenvalue weighted by molar-refractivity contribution is 5.92. The predicted molar refractivity (Wildman–Crippen MR) is 136 cm³/mol. The van der Waals surface area contributed by atoms with Crippen molar-refractivity contribution < 1.29 is 19.1 Å². The third kappa shape index (κ3) is 8.84. The van der Waals surface area contributed by atoms with Crippen LogP contribution in [0.1, 0.15) is 77.1 Å². The van der Waals surface area contributed by atoms with Crippen LogP contribution >= 0.6 is 0 Å². The van der Waals surface area contributed by atoms with Crippen LogP contribution in [-0.4, -0.2) is 47.5 Å². The summed E-state index contributed by atoms with van der Waals surface area (Å²) in [6.45, 7) is 19.4. The number of carbonyl (C=O) groups is 3. The average Bonchev–Trinajstić information content (AvgIpc) is 2.71. The molecule has 7 nitrogen and oxygen atoms in total. The van der Waals surface area contributed by atoms with E-state index in [9.17, 15) is 14.4 Å². The fraction of sp³-hybridized carbons (Fsp3) is 0.593. The molecule has 2 atom stereocenters. The van der Waals surface area contributed by atoms with Gasteiger partial charge in [0.15, 0.2) is 0 Å². The van der Waals surface area contributed by atoms with E-state index < -0.39 is 23.8 Å². The van der Waals surface area contributed by atoms with Gasteiger partial charge < -0.3 is 20.3 Å². The molecule has 1 aromatic carbocycles. The topological polar surface area (TPSA) is 87.7 Å². The second kappa shape index (κ2) is 13.2. The fourth-order valence-electron chi connectivity index (χ4n) is 3.66. The third-order valence-corrected chi connectivity index (χ3v) is 5.32. The number of rotatable bonds is 11. The fourth-order valence-corrected chi connectivity index (χ4v) is 3.66. The lowest BCUT2D eigenvalue weighted by atomic mass is 9.95. The van der Waals surface area contributed by atoms with E-state index in [1.165, 1.54) is 4.90 Å². The van der Waals surface area contributed by atoms with Crippen molar-refractivity contribution in [2.75, 3.05) is 13.1 Å². The summed E-state index contributed by atoms with van der Waals surface area (Å²) in [5, 5.41) is 5.69. The number of aryl methyl sites for hydroxylation is 2. The van der Waals surface area contributed by atoms with Crippen molar-refractivity contribution in [3.63, 3.8) is 0 Å². The Balaban J connectivity index is 3.43. The van der Waals surface area contributed by atoms with Crippen LogP contribution in [-0.2, 0) is 14.3 Å². The first kappa shape index (κ1) is 29.2. The molecule has 2 unspecified atom stereocenters. The van der Waals surface area contributed by atoms with Gasteiger partial charge in [0, 0.05) is 13.1 Å². The Labute approximate surface area is 205 Å². The smallest absolute Gasteiger partial charge is 0.408 e. The molecule has 0 aliphatic rings. The molecule has 0 saturated heterocycles. The number of alkyl carbamates (subject to hydrolysis) is 1. The zero-order valence-electron chi connectivity index (χ0n) is 22.2. The summed E-state index contributed by atoms with van der Waals surface area (Å²) in [5.41, 5.74) is 2.03. The SMILES string of the molecule is C=CCN(C(=O)C(NC(=O)OC(C)(C)C)C(C)C)C(C(=O)NCCCC)c1ccc(C)cc1C. The van der Waals surface area contributed by atoms with Crippen LogP contribution in [0.25, 0.3) is 0 Å². The normalized spacial score (nSPS) is 13.1. The Morgan fingerprint density at radius 3 is 2.32 bits per heavy atom. The first-order valence-corrected chi connectivity index (χ1v) is 12.1. The Hall–Kier alpha value is -2.83. The van der Waals surface area contributed by atoms with E-state index in [1.54, 1.807) is 26.8 Å². The molecule has 7 heteroatoms. The van der Waals surface area contributed by atoms with Crippen molar-refractivity contribution >= 4 is 17.9 Å². The lowest BCUT2D eigenvalue weighted by molar-refractivity contribution is -0.142. The Bertz CT molecular complexity index is 858. The standard InChI is InChI=1S/C27H43N3O4/c1-10-12-15-28-24(31)23(21-14-13-19(5)17-20(21)6)30(16-11-2)25(32)22(18(3)4)29-26(33)34-27(7,8)9/h11,13-14,17-18,22-23H,2,10,12,15-16H2,1,3-9H3,(H,28,31)(H,29,33). The summed E-state index contributed by atoms with van der Waals surface area (Å²) < 4.78 is 5.38. The van der Waals surface area contributed by atoms with Gasteiger partial charge in [0.05, 0.1) is 0 Å². The van der Waals surface area contributed by atoms with Gasteiger partial charge in [-0.05, 0) is 58.1 Å². The lowest BCUT2D eigenvalue weighted by Gasteiger charge is -2.35. The first-order valence-electron chi connectivity index (χ1n) is 12.1. The summed E-state index contributed by atoms with van der Waals surface area (Å²) >= 11 is 0. The number of nitrogens with zero attached hydrogens (tertiary/aromatic N) is 1. The molecule has 190 valence electrons. The second-order valence-electron chi connectivity index (χ2n) is 10.1. The maximum atomic E-state index is 13.8. The van der Waals surface area contributed by atoms with Gasteiger partial charge in [-0.15, -0.1) is 6.58 Å². The summed E-state index contributed by atoms with van der Waals surface area (Å²) in [5.74, 6) is -0.845. The Morgan fingerprint density at radius 2 is 1.82 bits per heavy atom. The highest BCUT2D eigenvalue weighted by Crippen LogP contribution is 2.27. The van der Waals surface area contributed by atoms with Gasteiger partial charge in [0.2, 0.25) is 11.8 Å². The highest BCUT2D eigenvalue weighted by atomic mass is 16.6. The number of amides is 3. The minimum absolute atomic E-state index is 0.150. The van der Waals surface area contributed by atoms with Gasteiger partial charge in [-0.1, -0.05) is 57.0 Å². The van der Waals surface area contributed by atoms with Crippen LogP contribution in [0.4, 0.5) is 4.79 Å². The van der Waals surface area contributed by atoms with Gasteiger partial charge in [0.1, 0.15) is 17.7 Å². The lowest BCUT2D eigenvalue weighted by Crippen LogP contribution is -2.55. The van der Waals surface area contributed by atoms with Crippen LogP contribution in [0.5, 0.6) is 0 Å². The number of unbranched alkanes of at least 4 members (excludes halogenated alkanes) is 1. The van der Waals surface area contributed by atoms with E-state index in [0.717, 1.165) is 29.5 Å². The molecule has 3 amide bonds. The molecule has 0 aromatic heterocycles. The molecular weight excluding hydrogens is 430 g/mol. The minimum atomic E-state index is -0.869. The number of ether oxygens (including phenoxy) is 1. The van der Waals surface area contributed by atoms with Crippen molar-refractivity contribution in [1.82, 2.24) is 15.5 Å². The van der Waals surface area contributed by atoms with Gasteiger partial charge in [-0.3, -0.25) is 9.59 Å². The summed E-state index contributed by atoms with van der Waals surface area (Å²) in [7, 11) is 0. The molecule has 0 bridgehead atoms. The summed E-state index contributed by atoms with van der Waals surface area (Å²) in [4.78, 5) is 41.2. The van der Waals surface area contributed by atoms with Crippen molar-refractivity contribution in [3.05, 3.63) is 47.5 Å². The molecule has 0 fully saturated rings. The molecular formula is C27H43N3O4. The first-order chi connectivity index (χ1) is 15.8. The third-order valence-electron chi connectivity index (χ3n) is 5.32. The molecule has 1 rings (SSSR count). The molecule has 0 aliphatic carbocycles. The maximum Gasteiger partial charge on any atom is 0.408 e. The van der Waals surface area contributed by atoms with E-state index in [2.05, 4.69) is 24.1 Å². The molecule has 0 saturated carbocycles. The quantitative estimate of drug-likeness (QED) is 0.356. The van der Waals surface area contributed by atoms with Crippen molar-refractivity contribution in [2.45, 2.75) is 85.9 Å². The van der Waals surface area contributed by atoms with Crippen LogP contribution in [0.3, 0.4) is 0 Å². The number of hydrogen-bond acceptors (Lipinski definition) is 4. The van der Waals surface area contributed by atoms with Crippen molar-refractivity contribution in [3.8, 4) is 0 Å². The molecule has 0 spiro atoms. The molecule has 34 heavy (non-hydrogen) atoms. The van der Waals surface area contributed by atoms with Crippen LogP contribution < -0.4 is 10.6 Å². The second-order valence-corrected chi connectivity index (χ2v) is 10.1. The molecule has 0 aliphatic heterocycles. The maximum absolute atomic E-state index is 13.8. The van der Waals surface area contributed by atoms with Gasteiger partial charge >= 0.3 is 6.09 Å².